The molecule has 0 amide bonds. The first-order chi connectivity index (χ1) is 8.75. The molecule has 0 saturated heterocycles. The van der Waals surface area contributed by atoms with E-state index in [0.29, 0.717) is 6.61 Å². The molecule has 2 aromatic carbocycles. The van der Waals surface area contributed by atoms with E-state index in [1.807, 2.05) is 24.3 Å². The Kier molecular flexibility index (Phi) is 4.48. The Morgan fingerprint density at radius 3 is 2.44 bits per heavy atom. The SMILES string of the molecule is Oc1ccc(OCCCc2ccccc2Cl)cc1. The lowest BCUT2D eigenvalue weighted by atomic mass is 10.1. The standard InChI is InChI=1S/C15H15ClO2/c16-15-6-2-1-4-12(15)5-3-11-18-14-9-7-13(17)8-10-14/h1-2,4,6-10,17H,3,5,11H2. The molecule has 2 aromatic rings. The van der Waals surface area contributed by atoms with Gasteiger partial charge in [0.05, 0.1) is 6.61 Å². The monoisotopic (exact) mass is 262 g/mol. The number of phenolic OH excluding ortho intramolecular Hbond substituents is 1. The van der Waals surface area contributed by atoms with Gasteiger partial charge in [0.15, 0.2) is 0 Å². The zero-order chi connectivity index (χ0) is 12.8. The minimum atomic E-state index is 0.249. The Hall–Kier alpha value is -1.67. The molecule has 18 heavy (non-hydrogen) atoms. The molecule has 3 heteroatoms. The highest BCUT2D eigenvalue weighted by molar-refractivity contribution is 6.31. The fraction of sp³-hybridized carbons (Fsp3) is 0.200. The number of ether oxygens (including phenoxy) is 1. The number of hydrogen-bond donors (Lipinski definition) is 1. The molecule has 0 heterocycles. The molecule has 1 N–H and O–H groups in total. The largest absolute Gasteiger partial charge is 0.508 e. The maximum absolute atomic E-state index is 9.14. The first-order valence-electron chi connectivity index (χ1n) is 5.91. The highest BCUT2D eigenvalue weighted by atomic mass is 35.5. The van der Waals surface area contributed by atoms with Crippen LogP contribution in [0.5, 0.6) is 11.5 Å². The lowest BCUT2D eigenvalue weighted by Gasteiger charge is -2.07. The van der Waals surface area contributed by atoms with Gasteiger partial charge in [-0.2, -0.15) is 0 Å². The highest BCUT2D eigenvalue weighted by Gasteiger charge is 1.99. The second-order valence-corrected chi connectivity index (χ2v) is 4.44. The summed E-state index contributed by atoms with van der Waals surface area (Å²) < 4.78 is 5.57. The molecule has 0 saturated carbocycles. The van der Waals surface area contributed by atoms with Crippen molar-refractivity contribution in [1.82, 2.24) is 0 Å². The van der Waals surface area contributed by atoms with Crippen molar-refractivity contribution in [3.8, 4) is 11.5 Å². The second kappa shape index (κ2) is 6.31. The van der Waals surface area contributed by atoms with Crippen LogP contribution in [0.25, 0.3) is 0 Å². The number of halogens is 1. The van der Waals surface area contributed by atoms with Crippen LogP contribution in [0.15, 0.2) is 48.5 Å². The van der Waals surface area contributed by atoms with Crippen LogP contribution < -0.4 is 4.74 Å². The molecule has 2 rings (SSSR count). The Bertz CT molecular complexity index is 494. The van der Waals surface area contributed by atoms with Gasteiger partial charge in [-0.1, -0.05) is 29.8 Å². The average molecular weight is 263 g/mol. The van der Waals surface area contributed by atoms with E-state index >= 15 is 0 Å². The summed E-state index contributed by atoms with van der Waals surface area (Å²) >= 11 is 6.07. The van der Waals surface area contributed by atoms with Gasteiger partial charge in [-0.25, -0.2) is 0 Å². The zero-order valence-electron chi connectivity index (χ0n) is 9.97. The van der Waals surface area contributed by atoms with Crippen LogP contribution in [0.3, 0.4) is 0 Å². The molecular formula is C15H15ClO2. The van der Waals surface area contributed by atoms with E-state index in [2.05, 4.69) is 0 Å². The first kappa shape index (κ1) is 12.8. The summed E-state index contributed by atoms with van der Waals surface area (Å²) in [4.78, 5) is 0. The van der Waals surface area contributed by atoms with Crippen LogP contribution in [0, 0.1) is 0 Å². The van der Waals surface area contributed by atoms with Crippen molar-refractivity contribution in [3.63, 3.8) is 0 Å². The molecule has 0 aliphatic heterocycles. The number of benzene rings is 2. The Morgan fingerprint density at radius 1 is 1.00 bits per heavy atom. The summed E-state index contributed by atoms with van der Waals surface area (Å²) in [6.07, 6.45) is 1.81. The van der Waals surface area contributed by atoms with Crippen molar-refractivity contribution < 1.29 is 9.84 Å². The van der Waals surface area contributed by atoms with Crippen molar-refractivity contribution in [2.24, 2.45) is 0 Å². The van der Waals surface area contributed by atoms with Crippen LogP contribution in [0.4, 0.5) is 0 Å². The average Bonchev–Trinajstić information content (AvgIpc) is 2.39. The van der Waals surface area contributed by atoms with Gasteiger partial charge >= 0.3 is 0 Å². The topological polar surface area (TPSA) is 29.5 Å². The summed E-state index contributed by atoms with van der Waals surface area (Å²) in [5.74, 6) is 1.02. The number of aromatic hydroxyl groups is 1. The first-order valence-corrected chi connectivity index (χ1v) is 6.29. The van der Waals surface area contributed by atoms with E-state index in [9.17, 15) is 0 Å². The molecule has 0 atom stereocenters. The van der Waals surface area contributed by atoms with Gasteiger partial charge in [-0.3, -0.25) is 0 Å². The number of phenols is 1. The van der Waals surface area contributed by atoms with Crippen molar-refractivity contribution in [2.45, 2.75) is 12.8 Å². The maximum Gasteiger partial charge on any atom is 0.119 e. The van der Waals surface area contributed by atoms with Crippen molar-refractivity contribution >= 4 is 11.6 Å². The third-order valence-corrected chi connectivity index (χ3v) is 3.02. The molecule has 94 valence electrons. The lowest BCUT2D eigenvalue weighted by Crippen LogP contribution is -1.99. The van der Waals surface area contributed by atoms with E-state index < -0.39 is 0 Å². The van der Waals surface area contributed by atoms with Crippen LogP contribution in [0.1, 0.15) is 12.0 Å². The van der Waals surface area contributed by atoms with Gasteiger partial charge in [-0.15, -0.1) is 0 Å². The minimum Gasteiger partial charge on any atom is -0.508 e. The van der Waals surface area contributed by atoms with Gasteiger partial charge in [0.2, 0.25) is 0 Å². The van der Waals surface area contributed by atoms with Gasteiger partial charge in [0, 0.05) is 5.02 Å². The highest BCUT2D eigenvalue weighted by Crippen LogP contribution is 2.18. The van der Waals surface area contributed by atoms with Crippen molar-refractivity contribution in [3.05, 3.63) is 59.1 Å². The molecule has 0 radical (unpaired) electrons. The van der Waals surface area contributed by atoms with E-state index in [-0.39, 0.29) is 5.75 Å². The normalized spacial score (nSPS) is 10.3. The molecule has 2 nitrogen and oxygen atoms in total. The van der Waals surface area contributed by atoms with E-state index in [1.54, 1.807) is 24.3 Å². The van der Waals surface area contributed by atoms with E-state index in [4.69, 9.17) is 21.4 Å². The predicted octanol–water partition coefficient (Wildman–Crippen LogP) is 4.06. The summed E-state index contributed by atoms with van der Waals surface area (Å²) in [6.45, 7) is 0.635. The summed E-state index contributed by atoms with van der Waals surface area (Å²) in [5.41, 5.74) is 1.15. The number of rotatable bonds is 5. The Labute approximate surface area is 112 Å². The molecule has 0 aliphatic rings. The molecule has 0 aromatic heterocycles. The van der Waals surface area contributed by atoms with Gasteiger partial charge in [0.1, 0.15) is 11.5 Å². The molecular weight excluding hydrogens is 248 g/mol. The quantitative estimate of drug-likeness (QED) is 0.824. The summed E-state index contributed by atoms with van der Waals surface area (Å²) in [7, 11) is 0. The second-order valence-electron chi connectivity index (χ2n) is 4.04. The molecule has 0 fully saturated rings. The fourth-order valence-electron chi connectivity index (χ4n) is 1.70. The number of hydrogen-bond acceptors (Lipinski definition) is 2. The third-order valence-electron chi connectivity index (χ3n) is 2.65. The van der Waals surface area contributed by atoms with Gasteiger partial charge in [0.25, 0.3) is 0 Å². The van der Waals surface area contributed by atoms with E-state index in [1.165, 1.54) is 0 Å². The zero-order valence-corrected chi connectivity index (χ0v) is 10.7. The predicted molar refractivity (Wildman–Crippen MR) is 73.4 cm³/mol. The minimum absolute atomic E-state index is 0.249. The molecule has 0 aliphatic carbocycles. The fourth-order valence-corrected chi connectivity index (χ4v) is 1.93. The smallest absolute Gasteiger partial charge is 0.119 e. The molecule has 0 spiro atoms. The van der Waals surface area contributed by atoms with Gasteiger partial charge < -0.3 is 9.84 Å². The maximum atomic E-state index is 9.14. The Balaban J connectivity index is 1.76. The van der Waals surface area contributed by atoms with Crippen LogP contribution in [-0.4, -0.2) is 11.7 Å². The number of aryl methyl sites for hydroxylation is 1. The summed E-state index contributed by atoms with van der Waals surface area (Å²) in [5, 5.41) is 9.94. The van der Waals surface area contributed by atoms with Crippen molar-refractivity contribution in [2.75, 3.05) is 6.61 Å². The lowest BCUT2D eigenvalue weighted by molar-refractivity contribution is 0.310. The van der Waals surface area contributed by atoms with E-state index in [0.717, 1.165) is 29.2 Å². The third kappa shape index (κ3) is 3.67. The van der Waals surface area contributed by atoms with Crippen molar-refractivity contribution in [1.29, 1.82) is 0 Å². The van der Waals surface area contributed by atoms with Gasteiger partial charge in [-0.05, 0) is 48.7 Å². The van der Waals surface area contributed by atoms with Crippen LogP contribution in [0.2, 0.25) is 5.02 Å². The van der Waals surface area contributed by atoms with Crippen LogP contribution in [-0.2, 0) is 6.42 Å². The Morgan fingerprint density at radius 2 is 1.72 bits per heavy atom. The van der Waals surface area contributed by atoms with Crippen LogP contribution >= 0.6 is 11.6 Å². The molecule has 0 bridgehead atoms. The summed E-state index contributed by atoms with van der Waals surface area (Å²) in [6, 6.07) is 14.6. The molecule has 0 unspecified atom stereocenters.